The van der Waals surface area contributed by atoms with Gasteiger partial charge in [0.15, 0.2) is 0 Å². The maximum absolute atomic E-state index is 9.54. The fraction of sp³-hybridized carbons (Fsp3) is 1.00. The van der Waals surface area contributed by atoms with Crippen molar-refractivity contribution in [3.8, 4) is 0 Å². The van der Waals surface area contributed by atoms with Crippen LogP contribution in [0.15, 0.2) is 0 Å². The normalized spacial score (nSPS) is 33.0. The molecule has 1 unspecified atom stereocenters. The quantitative estimate of drug-likeness (QED) is 0.686. The highest BCUT2D eigenvalue weighted by Gasteiger charge is 2.28. The highest BCUT2D eigenvalue weighted by Crippen LogP contribution is 2.19. The summed E-state index contributed by atoms with van der Waals surface area (Å²) in [5.74, 6) is 1.16. The van der Waals surface area contributed by atoms with Gasteiger partial charge in [0.1, 0.15) is 0 Å². The van der Waals surface area contributed by atoms with E-state index in [1.54, 1.807) is 0 Å². The summed E-state index contributed by atoms with van der Waals surface area (Å²) in [6.07, 6.45) is 4.11. The molecule has 0 aromatic carbocycles. The molecule has 1 heterocycles. The molecule has 0 radical (unpaired) electrons. The first-order chi connectivity index (χ1) is 5.25. The molecule has 0 spiro atoms. The number of nitrogens with zero attached hydrogens (tertiary/aromatic N) is 1. The summed E-state index contributed by atoms with van der Waals surface area (Å²) in [4.78, 5) is 2.26. The molecule has 0 saturated carbocycles. The number of rotatable bonds is 3. The third kappa shape index (κ3) is 2.36. The SMILES string of the molecule is CSCC[C@H]1C(O)CCN1C. The van der Waals surface area contributed by atoms with Gasteiger partial charge in [0, 0.05) is 12.6 Å². The van der Waals surface area contributed by atoms with Gasteiger partial charge in [-0.25, -0.2) is 0 Å². The predicted molar refractivity (Wildman–Crippen MR) is 50.0 cm³/mol. The number of hydrogen-bond acceptors (Lipinski definition) is 3. The Bertz CT molecular complexity index is 111. The van der Waals surface area contributed by atoms with E-state index in [9.17, 15) is 5.11 Å². The monoisotopic (exact) mass is 175 g/mol. The second kappa shape index (κ2) is 4.33. The number of likely N-dealkylation sites (tertiary alicyclic amines) is 1. The smallest absolute Gasteiger partial charge is 0.0707 e. The molecule has 0 bridgehead atoms. The first-order valence-corrected chi connectivity index (χ1v) is 5.52. The van der Waals surface area contributed by atoms with Gasteiger partial charge in [-0.15, -0.1) is 0 Å². The van der Waals surface area contributed by atoms with Crippen LogP contribution < -0.4 is 0 Å². The zero-order valence-corrected chi connectivity index (χ0v) is 8.10. The van der Waals surface area contributed by atoms with Crippen LogP contribution in [0, 0.1) is 0 Å². The van der Waals surface area contributed by atoms with Crippen LogP contribution >= 0.6 is 11.8 Å². The van der Waals surface area contributed by atoms with Gasteiger partial charge in [-0.1, -0.05) is 0 Å². The van der Waals surface area contributed by atoms with Crippen molar-refractivity contribution < 1.29 is 5.11 Å². The molecule has 1 saturated heterocycles. The molecular formula is C8H17NOS. The van der Waals surface area contributed by atoms with Gasteiger partial charge >= 0.3 is 0 Å². The Kier molecular flexibility index (Phi) is 3.69. The Morgan fingerprint density at radius 2 is 2.36 bits per heavy atom. The number of hydrogen-bond donors (Lipinski definition) is 1. The minimum atomic E-state index is -0.0767. The fourth-order valence-electron chi connectivity index (χ4n) is 1.64. The minimum absolute atomic E-state index is 0.0767. The highest BCUT2D eigenvalue weighted by molar-refractivity contribution is 7.98. The Morgan fingerprint density at radius 1 is 1.64 bits per heavy atom. The molecule has 1 aliphatic rings. The van der Waals surface area contributed by atoms with E-state index in [0.717, 1.165) is 25.1 Å². The molecule has 1 rings (SSSR count). The average molecular weight is 175 g/mol. The van der Waals surface area contributed by atoms with Crippen molar-refractivity contribution in [3.63, 3.8) is 0 Å². The Labute approximate surface area is 73.0 Å². The van der Waals surface area contributed by atoms with Gasteiger partial charge in [0.25, 0.3) is 0 Å². The lowest BCUT2D eigenvalue weighted by Gasteiger charge is -2.21. The lowest BCUT2D eigenvalue weighted by atomic mass is 10.1. The molecule has 11 heavy (non-hydrogen) atoms. The Hall–Kier alpha value is 0.270. The number of thioether (sulfide) groups is 1. The summed E-state index contributed by atoms with van der Waals surface area (Å²) >= 11 is 1.85. The predicted octanol–water partition coefficient (Wildman–Crippen LogP) is 0.804. The summed E-state index contributed by atoms with van der Waals surface area (Å²) in [6, 6.07) is 0.419. The maximum Gasteiger partial charge on any atom is 0.0707 e. The van der Waals surface area contributed by atoms with Crippen LogP contribution in [0.1, 0.15) is 12.8 Å². The summed E-state index contributed by atoms with van der Waals surface area (Å²) in [7, 11) is 2.10. The van der Waals surface area contributed by atoms with Crippen LogP contribution in [0.4, 0.5) is 0 Å². The molecule has 0 aromatic rings. The standard InChI is InChI=1S/C8H17NOS/c1-9-5-3-8(10)7(9)4-6-11-2/h7-8,10H,3-6H2,1-2H3/t7-,8?/m0/s1. The highest BCUT2D eigenvalue weighted by atomic mass is 32.2. The molecular weight excluding hydrogens is 158 g/mol. The maximum atomic E-state index is 9.54. The minimum Gasteiger partial charge on any atom is -0.391 e. The van der Waals surface area contributed by atoms with E-state index < -0.39 is 0 Å². The lowest BCUT2D eigenvalue weighted by Crippen LogP contribution is -2.32. The van der Waals surface area contributed by atoms with Crippen LogP contribution in [0.2, 0.25) is 0 Å². The summed E-state index contributed by atoms with van der Waals surface area (Å²) in [5, 5.41) is 9.54. The average Bonchev–Trinajstić information content (AvgIpc) is 2.29. The van der Waals surface area contributed by atoms with E-state index in [2.05, 4.69) is 18.2 Å². The summed E-state index contributed by atoms with van der Waals surface area (Å²) in [6.45, 7) is 1.06. The molecule has 2 nitrogen and oxygen atoms in total. The Morgan fingerprint density at radius 3 is 2.82 bits per heavy atom. The molecule has 1 aliphatic heterocycles. The largest absolute Gasteiger partial charge is 0.391 e. The van der Waals surface area contributed by atoms with Crippen LogP contribution in [0.3, 0.4) is 0 Å². The van der Waals surface area contributed by atoms with Gasteiger partial charge < -0.3 is 10.0 Å². The molecule has 1 fully saturated rings. The zero-order valence-electron chi connectivity index (χ0n) is 7.29. The summed E-state index contributed by atoms with van der Waals surface area (Å²) < 4.78 is 0. The van der Waals surface area contributed by atoms with Crippen molar-refractivity contribution in [2.45, 2.75) is 25.0 Å². The van der Waals surface area contributed by atoms with Crippen molar-refractivity contribution in [1.29, 1.82) is 0 Å². The molecule has 0 amide bonds. The third-order valence-electron chi connectivity index (χ3n) is 2.41. The molecule has 0 aliphatic carbocycles. The van der Waals surface area contributed by atoms with E-state index >= 15 is 0 Å². The topological polar surface area (TPSA) is 23.5 Å². The van der Waals surface area contributed by atoms with Crippen LogP contribution in [-0.4, -0.2) is 47.8 Å². The number of aliphatic hydroxyl groups is 1. The van der Waals surface area contributed by atoms with Crippen molar-refractivity contribution in [2.24, 2.45) is 0 Å². The molecule has 2 atom stereocenters. The first-order valence-electron chi connectivity index (χ1n) is 4.13. The van der Waals surface area contributed by atoms with E-state index in [1.807, 2.05) is 11.8 Å². The molecule has 66 valence electrons. The number of likely N-dealkylation sites (N-methyl/N-ethyl adjacent to an activating group) is 1. The van der Waals surface area contributed by atoms with E-state index in [-0.39, 0.29) is 6.10 Å². The second-order valence-corrected chi connectivity index (χ2v) is 4.17. The van der Waals surface area contributed by atoms with Gasteiger partial charge in [-0.3, -0.25) is 0 Å². The van der Waals surface area contributed by atoms with Gasteiger partial charge in [-0.05, 0) is 31.9 Å². The van der Waals surface area contributed by atoms with E-state index in [0.29, 0.717) is 6.04 Å². The van der Waals surface area contributed by atoms with Crippen LogP contribution in [0.5, 0.6) is 0 Å². The van der Waals surface area contributed by atoms with Crippen molar-refractivity contribution in [2.75, 3.05) is 25.6 Å². The Balaban J connectivity index is 2.29. The van der Waals surface area contributed by atoms with Crippen molar-refractivity contribution in [3.05, 3.63) is 0 Å². The molecule has 3 heteroatoms. The van der Waals surface area contributed by atoms with Crippen LogP contribution in [0.25, 0.3) is 0 Å². The van der Waals surface area contributed by atoms with Crippen LogP contribution in [-0.2, 0) is 0 Å². The van der Waals surface area contributed by atoms with Crippen molar-refractivity contribution >= 4 is 11.8 Å². The van der Waals surface area contributed by atoms with Crippen molar-refractivity contribution in [1.82, 2.24) is 4.90 Å². The zero-order chi connectivity index (χ0) is 8.27. The number of aliphatic hydroxyl groups excluding tert-OH is 1. The van der Waals surface area contributed by atoms with Gasteiger partial charge in [-0.2, -0.15) is 11.8 Å². The van der Waals surface area contributed by atoms with E-state index in [4.69, 9.17) is 0 Å². The van der Waals surface area contributed by atoms with Gasteiger partial charge in [0.05, 0.1) is 6.10 Å². The molecule has 1 N–H and O–H groups in total. The van der Waals surface area contributed by atoms with Gasteiger partial charge in [0.2, 0.25) is 0 Å². The lowest BCUT2D eigenvalue weighted by molar-refractivity contribution is 0.125. The molecule has 0 aromatic heterocycles. The van der Waals surface area contributed by atoms with E-state index in [1.165, 1.54) is 0 Å². The third-order valence-corrected chi connectivity index (χ3v) is 3.05. The summed E-state index contributed by atoms with van der Waals surface area (Å²) in [5.41, 5.74) is 0. The second-order valence-electron chi connectivity index (χ2n) is 3.19. The fourth-order valence-corrected chi connectivity index (χ4v) is 2.12. The first kappa shape index (κ1) is 9.36.